The highest BCUT2D eigenvalue weighted by molar-refractivity contribution is 5.22. The summed E-state index contributed by atoms with van der Waals surface area (Å²) < 4.78 is 5.44. The van der Waals surface area contributed by atoms with Gasteiger partial charge in [-0.2, -0.15) is 0 Å². The Kier molecular flexibility index (Phi) is 6.68. The van der Waals surface area contributed by atoms with Gasteiger partial charge in [0.25, 0.3) is 0 Å². The fraction of sp³-hybridized carbons (Fsp3) is 0.667. The van der Waals surface area contributed by atoms with E-state index in [9.17, 15) is 0 Å². The third-order valence-electron chi connectivity index (χ3n) is 4.24. The molecule has 1 aromatic rings. The van der Waals surface area contributed by atoms with E-state index in [-0.39, 0.29) is 0 Å². The summed E-state index contributed by atoms with van der Waals surface area (Å²) in [5, 5.41) is 3.46. The number of ether oxygens (including phenoxy) is 1. The molecule has 0 amide bonds. The van der Waals surface area contributed by atoms with E-state index in [0.717, 1.165) is 45.6 Å². The minimum Gasteiger partial charge on any atom is -0.381 e. The molecule has 0 aliphatic carbocycles. The Morgan fingerprint density at radius 2 is 1.76 bits per heavy atom. The van der Waals surface area contributed by atoms with Crippen LogP contribution in [0.15, 0.2) is 24.3 Å². The van der Waals surface area contributed by atoms with Gasteiger partial charge in [-0.1, -0.05) is 38.1 Å². The summed E-state index contributed by atoms with van der Waals surface area (Å²) >= 11 is 0. The summed E-state index contributed by atoms with van der Waals surface area (Å²) in [4.78, 5) is 2.47. The Hall–Kier alpha value is -0.900. The minimum atomic E-state index is 0.567. The number of benzene rings is 1. The van der Waals surface area contributed by atoms with E-state index >= 15 is 0 Å². The Balaban J connectivity index is 1.78. The predicted molar refractivity (Wildman–Crippen MR) is 88.6 cm³/mol. The van der Waals surface area contributed by atoms with Gasteiger partial charge in [-0.05, 0) is 44.0 Å². The highest BCUT2D eigenvalue weighted by Crippen LogP contribution is 2.16. The first-order valence-corrected chi connectivity index (χ1v) is 8.24. The van der Waals surface area contributed by atoms with Crippen molar-refractivity contribution < 1.29 is 4.74 Å². The van der Waals surface area contributed by atoms with E-state index < -0.39 is 0 Å². The maximum absolute atomic E-state index is 5.44. The van der Waals surface area contributed by atoms with Gasteiger partial charge in [0.2, 0.25) is 0 Å². The molecule has 0 unspecified atom stereocenters. The highest BCUT2D eigenvalue weighted by atomic mass is 16.5. The van der Waals surface area contributed by atoms with Crippen LogP contribution in [0.5, 0.6) is 0 Å². The molecule has 1 heterocycles. The highest BCUT2D eigenvalue weighted by Gasteiger charge is 2.18. The second kappa shape index (κ2) is 8.52. The maximum Gasteiger partial charge on any atom is 0.0480 e. The summed E-state index contributed by atoms with van der Waals surface area (Å²) in [6.07, 6.45) is 3.43. The number of hydrogen-bond donors (Lipinski definition) is 1. The average molecular weight is 290 g/mol. The lowest BCUT2D eigenvalue weighted by atomic mass is 10.1. The molecule has 1 fully saturated rings. The van der Waals surface area contributed by atoms with Gasteiger partial charge in [0.1, 0.15) is 0 Å². The second-order valence-corrected chi connectivity index (χ2v) is 6.43. The molecule has 2 rings (SSSR count). The molecule has 1 saturated heterocycles. The first-order chi connectivity index (χ1) is 10.1. The number of nitrogens with zero attached hydrogens (tertiary/aromatic N) is 1. The topological polar surface area (TPSA) is 24.5 Å². The Labute approximate surface area is 129 Å². The molecule has 21 heavy (non-hydrogen) atoms. The fourth-order valence-electron chi connectivity index (χ4n) is 2.86. The van der Waals surface area contributed by atoms with E-state index in [1.807, 2.05) is 0 Å². The molecule has 0 bridgehead atoms. The van der Waals surface area contributed by atoms with E-state index in [4.69, 9.17) is 4.74 Å². The van der Waals surface area contributed by atoms with Crippen molar-refractivity contribution >= 4 is 0 Å². The van der Waals surface area contributed by atoms with Gasteiger partial charge in [0.15, 0.2) is 0 Å². The van der Waals surface area contributed by atoms with Crippen LogP contribution in [-0.4, -0.2) is 43.8 Å². The molecule has 0 saturated carbocycles. The van der Waals surface area contributed by atoms with Gasteiger partial charge in [0, 0.05) is 31.8 Å². The third kappa shape index (κ3) is 5.77. The predicted octanol–water partition coefficient (Wildman–Crippen LogP) is 2.84. The summed E-state index contributed by atoms with van der Waals surface area (Å²) in [5.41, 5.74) is 2.82. The lowest BCUT2D eigenvalue weighted by Gasteiger charge is -2.31. The number of hydrogen-bond acceptors (Lipinski definition) is 3. The normalized spacial score (nSPS) is 16.8. The van der Waals surface area contributed by atoms with Crippen LogP contribution in [0.4, 0.5) is 0 Å². The molecule has 0 aromatic heterocycles. The van der Waals surface area contributed by atoms with Crippen molar-refractivity contribution in [2.45, 2.75) is 51.7 Å². The quantitative estimate of drug-likeness (QED) is 0.836. The number of nitrogens with one attached hydrogen (secondary N) is 1. The van der Waals surface area contributed by atoms with Gasteiger partial charge in [-0.25, -0.2) is 0 Å². The second-order valence-electron chi connectivity index (χ2n) is 6.43. The maximum atomic E-state index is 5.44. The van der Waals surface area contributed by atoms with Crippen molar-refractivity contribution in [1.82, 2.24) is 10.2 Å². The Morgan fingerprint density at radius 1 is 1.14 bits per heavy atom. The summed E-state index contributed by atoms with van der Waals surface area (Å²) in [6.45, 7) is 8.30. The lowest BCUT2D eigenvalue weighted by Crippen LogP contribution is -2.36. The van der Waals surface area contributed by atoms with Crippen molar-refractivity contribution in [1.29, 1.82) is 0 Å². The van der Waals surface area contributed by atoms with Crippen LogP contribution in [0.2, 0.25) is 0 Å². The standard InChI is InChI=1S/C18H30N2O/c1-15(2)19-11-8-16-4-6-17(7-5-16)14-20(3)18-9-12-21-13-10-18/h4-7,15,18-19H,8-14H2,1-3H3. The van der Waals surface area contributed by atoms with E-state index in [2.05, 4.69) is 55.4 Å². The summed E-state index contributed by atoms with van der Waals surface area (Å²) in [5.74, 6) is 0. The molecule has 118 valence electrons. The smallest absolute Gasteiger partial charge is 0.0480 e. The van der Waals surface area contributed by atoms with Crippen molar-refractivity contribution in [3.05, 3.63) is 35.4 Å². The SMILES string of the molecule is CC(C)NCCc1ccc(CN(C)C2CCOCC2)cc1. The first-order valence-electron chi connectivity index (χ1n) is 8.24. The summed E-state index contributed by atoms with van der Waals surface area (Å²) in [6, 6.07) is 10.3. The number of rotatable bonds is 7. The molecule has 3 heteroatoms. The van der Waals surface area contributed by atoms with E-state index in [1.165, 1.54) is 11.1 Å². The van der Waals surface area contributed by atoms with Gasteiger partial charge in [-0.15, -0.1) is 0 Å². The molecular weight excluding hydrogens is 260 g/mol. The first kappa shape index (κ1) is 16.5. The Bertz CT molecular complexity index is 396. The van der Waals surface area contributed by atoms with Crippen LogP contribution in [0.3, 0.4) is 0 Å². The molecule has 3 nitrogen and oxygen atoms in total. The lowest BCUT2D eigenvalue weighted by molar-refractivity contribution is 0.0407. The van der Waals surface area contributed by atoms with Crippen LogP contribution in [0, 0.1) is 0 Å². The van der Waals surface area contributed by atoms with E-state index in [1.54, 1.807) is 0 Å². The van der Waals surface area contributed by atoms with Crippen LogP contribution >= 0.6 is 0 Å². The van der Waals surface area contributed by atoms with Crippen LogP contribution in [0.25, 0.3) is 0 Å². The van der Waals surface area contributed by atoms with Crippen molar-refractivity contribution in [2.75, 3.05) is 26.8 Å². The Morgan fingerprint density at radius 3 is 2.38 bits per heavy atom. The van der Waals surface area contributed by atoms with Crippen LogP contribution in [-0.2, 0) is 17.7 Å². The molecule has 1 aliphatic heterocycles. The zero-order valence-electron chi connectivity index (χ0n) is 13.8. The van der Waals surface area contributed by atoms with Gasteiger partial charge >= 0.3 is 0 Å². The van der Waals surface area contributed by atoms with Crippen molar-refractivity contribution in [3.8, 4) is 0 Å². The van der Waals surface area contributed by atoms with E-state index in [0.29, 0.717) is 12.1 Å². The molecule has 1 aromatic carbocycles. The van der Waals surface area contributed by atoms with Crippen LogP contribution in [0.1, 0.15) is 37.8 Å². The average Bonchev–Trinajstić information content (AvgIpc) is 2.49. The largest absolute Gasteiger partial charge is 0.381 e. The monoisotopic (exact) mass is 290 g/mol. The van der Waals surface area contributed by atoms with Crippen LogP contribution < -0.4 is 5.32 Å². The fourth-order valence-corrected chi connectivity index (χ4v) is 2.86. The zero-order chi connectivity index (χ0) is 15.1. The van der Waals surface area contributed by atoms with Crippen molar-refractivity contribution in [2.24, 2.45) is 0 Å². The molecule has 1 N–H and O–H groups in total. The molecule has 0 spiro atoms. The molecule has 0 radical (unpaired) electrons. The molecular formula is C18H30N2O. The molecule has 1 aliphatic rings. The third-order valence-corrected chi connectivity index (χ3v) is 4.24. The van der Waals surface area contributed by atoms with Gasteiger partial charge < -0.3 is 10.1 Å². The van der Waals surface area contributed by atoms with Crippen molar-refractivity contribution in [3.63, 3.8) is 0 Å². The van der Waals surface area contributed by atoms with Gasteiger partial charge in [0.05, 0.1) is 0 Å². The summed E-state index contributed by atoms with van der Waals surface area (Å²) in [7, 11) is 2.23. The molecule has 0 atom stereocenters. The van der Waals surface area contributed by atoms with Gasteiger partial charge in [-0.3, -0.25) is 4.90 Å². The minimum absolute atomic E-state index is 0.567. The zero-order valence-corrected chi connectivity index (χ0v) is 13.8.